The maximum atomic E-state index is 12.9. The van der Waals surface area contributed by atoms with Crippen molar-refractivity contribution < 1.29 is 14.7 Å². The van der Waals surface area contributed by atoms with E-state index in [1.54, 1.807) is 30.4 Å². The molecular weight excluding hydrogens is 500 g/mol. The van der Waals surface area contributed by atoms with Gasteiger partial charge in [0.15, 0.2) is 5.78 Å². The summed E-state index contributed by atoms with van der Waals surface area (Å²) >= 11 is 6.56. The summed E-state index contributed by atoms with van der Waals surface area (Å²) < 4.78 is 1.01. The van der Waals surface area contributed by atoms with Gasteiger partial charge in [0.25, 0.3) is 5.91 Å². The van der Waals surface area contributed by atoms with Crippen molar-refractivity contribution >= 4 is 61.0 Å². The fourth-order valence-electron chi connectivity index (χ4n) is 3.28. The average molecular weight is 516 g/mol. The van der Waals surface area contributed by atoms with Crippen molar-refractivity contribution in [3.8, 4) is 5.75 Å². The third-order valence-electron chi connectivity index (χ3n) is 4.72. The molecule has 29 heavy (non-hydrogen) atoms. The number of nitrogens with one attached hydrogen (secondary N) is 2. The summed E-state index contributed by atoms with van der Waals surface area (Å²) in [5.74, 6) is -0.709. The van der Waals surface area contributed by atoms with Crippen LogP contribution >= 0.6 is 31.9 Å². The first-order valence-electron chi connectivity index (χ1n) is 8.93. The maximum Gasteiger partial charge on any atom is 0.259 e. The Balaban J connectivity index is 1.55. The standard InChI is InChI=1S/C22H16Br2N2O3/c23-17-9-12(10-18(24)21(17)28)8-14-2-1-3-16(20(14)27)22(29)26-15-4-5-19-13(11-15)6-7-25-19/h1-5,8-11,25,28H,6-7H2,(H,26,29). The number of fused-ring (bicyclic) bond motifs is 1. The molecule has 5 nitrogen and oxygen atoms in total. The summed E-state index contributed by atoms with van der Waals surface area (Å²) in [6.07, 6.45) is 7.45. The Morgan fingerprint density at radius 3 is 2.69 bits per heavy atom. The average Bonchev–Trinajstić information content (AvgIpc) is 3.15. The van der Waals surface area contributed by atoms with E-state index in [1.165, 1.54) is 6.08 Å². The van der Waals surface area contributed by atoms with Crippen LogP contribution in [-0.2, 0) is 16.0 Å². The third kappa shape index (κ3) is 4.06. The molecule has 146 valence electrons. The van der Waals surface area contributed by atoms with Crippen molar-refractivity contribution in [1.29, 1.82) is 0 Å². The van der Waals surface area contributed by atoms with Gasteiger partial charge in [0.1, 0.15) is 5.75 Å². The predicted molar refractivity (Wildman–Crippen MR) is 121 cm³/mol. The molecule has 1 aliphatic heterocycles. The molecule has 2 aromatic rings. The molecule has 2 aromatic carbocycles. The van der Waals surface area contributed by atoms with Gasteiger partial charge in [-0.2, -0.15) is 0 Å². The molecule has 7 heteroatoms. The SMILES string of the molecule is O=C(Nc1ccc2c(c1)CCN2)C1=CC=CC(=Cc2cc(Br)c(O)c(Br)c2)C1=O. The number of carbonyl (C=O) groups excluding carboxylic acids is 2. The van der Waals surface area contributed by atoms with Crippen molar-refractivity contribution in [3.63, 3.8) is 0 Å². The van der Waals surface area contributed by atoms with Crippen molar-refractivity contribution in [2.45, 2.75) is 6.42 Å². The molecule has 2 aliphatic rings. The lowest BCUT2D eigenvalue weighted by Gasteiger charge is -2.12. The van der Waals surface area contributed by atoms with Crippen LogP contribution in [0, 0.1) is 0 Å². The lowest BCUT2D eigenvalue weighted by atomic mass is 9.95. The van der Waals surface area contributed by atoms with Gasteiger partial charge in [-0.25, -0.2) is 0 Å². The number of Topliss-reactive ketones (excluding diaryl/α,β-unsaturated/α-hetero) is 1. The van der Waals surface area contributed by atoms with E-state index in [-0.39, 0.29) is 17.1 Å². The lowest BCUT2D eigenvalue weighted by molar-refractivity contribution is -0.118. The van der Waals surface area contributed by atoms with Crippen LogP contribution in [0.5, 0.6) is 5.75 Å². The van der Waals surface area contributed by atoms with Crippen molar-refractivity contribution in [2.24, 2.45) is 0 Å². The van der Waals surface area contributed by atoms with Crippen LogP contribution in [0.2, 0.25) is 0 Å². The van der Waals surface area contributed by atoms with E-state index in [9.17, 15) is 14.7 Å². The molecule has 0 saturated heterocycles. The summed E-state index contributed by atoms with van der Waals surface area (Å²) in [5.41, 5.74) is 4.07. The van der Waals surface area contributed by atoms with Crippen molar-refractivity contribution in [3.05, 3.63) is 79.8 Å². The largest absolute Gasteiger partial charge is 0.506 e. The molecular formula is C22H16Br2N2O3. The van der Waals surface area contributed by atoms with Gasteiger partial charge in [-0.15, -0.1) is 0 Å². The number of ketones is 1. The van der Waals surface area contributed by atoms with Crippen LogP contribution in [0.1, 0.15) is 11.1 Å². The zero-order valence-corrected chi connectivity index (χ0v) is 18.3. The van der Waals surface area contributed by atoms with Gasteiger partial charge in [0.2, 0.25) is 0 Å². The van der Waals surface area contributed by atoms with E-state index in [0.29, 0.717) is 25.8 Å². The number of halogens is 2. The van der Waals surface area contributed by atoms with Gasteiger partial charge in [0, 0.05) is 23.5 Å². The molecule has 0 bridgehead atoms. The first kappa shape index (κ1) is 19.7. The summed E-state index contributed by atoms with van der Waals surface area (Å²) in [6, 6.07) is 9.08. The van der Waals surface area contributed by atoms with Crippen molar-refractivity contribution in [2.75, 3.05) is 17.2 Å². The van der Waals surface area contributed by atoms with Crippen LogP contribution in [0.25, 0.3) is 6.08 Å². The number of carbonyl (C=O) groups is 2. The molecule has 0 atom stereocenters. The zero-order chi connectivity index (χ0) is 20.5. The fraction of sp³-hybridized carbons (Fsp3) is 0.0909. The number of aromatic hydroxyl groups is 1. The Bertz CT molecular complexity index is 1110. The summed E-state index contributed by atoms with van der Waals surface area (Å²) in [4.78, 5) is 25.6. The Kier molecular flexibility index (Phi) is 5.43. The molecule has 0 spiro atoms. The van der Waals surface area contributed by atoms with Crippen LogP contribution in [0.4, 0.5) is 11.4 Å². The highest BCUT2D eigenvalue weighted by Crippen LogP contribution is 2.34. The number of hydrogen-bond acceptors (Lipinski definition) is 4. The summed E-state index contributed by atoms with van der Waals surface area (Å²) in [6.45, 7) is 0.888. The number of anilines is 2. The topological polar surface area (TPSA) is 78.4 Å². The Hall–Kier alpha value is -2.64. The molecule has 1 aliphatic carbocycles. The third-order valence-corrected chi connectivity index (χ3v) is 5.93. The van der Waals surface area contributed by atoms with Crippen LogP contribution in [0.15, 0.2) is 68.7 Å². The number of phenols is 1. The molecule has 0 aromatic heterocycles. The number of amides is 1. The normalized spacial score (nSPS) is 16.4. The minimum atomic E-state index is -0.441. The highest BCUT2D eigenvalue weighted by atomic mass is 79.9. The first-order chi connectivity index (χ1) is 13.9. The highest BCUT2D eigenvalue weighted by Gasteiger charge is 2.23. The quantitative estimate of drug-likeness (QED) is 0.398. The maximum absolute atomic E-state index is 12.9. The zero-order valence-electron chi connectivity index (χ0n) is 15.1. The lowest BCUT2D eigenvalue weighted by Crippen LogP contribution is -2.22. The van der Waals surface area contributed by atoms with E-state index >= 15 is 0 Å². The van der Waals surface area contributed by atoms with Gasteiger partial charge in [0.05, 0.1) is 14.5 Å². The minimum absolute atomic E-state index is 0.0780. The smallest absolute Gasteiger partial charge is 0.259 e. The van der Waals surface area contributed by atoms with E-state index in [1.807, 2.05) is 18.2 Å². The van der Waals surface area contributed by atoms with Gasteiger partial charge in [-0.05, 0) is 91.9 Å². The fourth-order valence-corrected chi connectivity index (χ4v) is 4.50. The Morgan fingerprint density at radius 1 is 1.17 bits per heavy atom. The van der Waals surface area contributed by atoms with Crippen LogP contribution in [-0.4, -0.2) is 23.3 Å². The number of hydrogen-bond donors (Lipinski definition) is 3. The summed E-state index contributed by atoms with van der Waals surface area (Å²) in [5, 5.41) is 15.9. The number of rotatable bonds is 3. The Labute approximate surface area is 184 Å². The molecule has 0 saturated carbocycles. The second-order valence-electron chi connectivity index (χ2n) is 6.70. The molecule has 0 radical (unpaired) electrons. The molecule has 0 unspecified atom stereocenters. The number of allylic oxidation sites excluding steroid dienone is 4. The van der Waals surface area contributed by atoms with Gasteiger partial charge in [-0.1, -0.05) is 12.2 Å². The van der Waals surface area contributed by atoms with E-state index < -0.39 is 5.91 Å². The molecule has 1 amide bonds. The Morgan fingerprint density at radius 2 is 1.93 bits per heavy atom. The predicted octanol–water partition coefficient (Wildman–Crippen LogP) is 4.97. The van der Waals surface area contributed by atoms with Gasteiger partial charge < -0.3 is 15.7 Å². The number of phenolic OH excluding ortho intramolecular Hbond substituents is 1. The van der Waals surface area contributed by atoms with Crippen LogP contribution < -0.4 is 10.6 Å². The summed E-state index contributed by atoms with van der Waals surface area (Å²) in [7, 11) is 0. The molecule has 4 rings (SSSR count). The molecule has 3 N–H and O–H groups in total. The second-order valence-corrected chi connectivity index (χ2v) is 8.41. The van der Waals surface area contributed by atoms with E-state index in [4.69, 9.17) is 0 Å². The van der Waals surface area contributed by atoms with Gasteiger partial charge in [-0.3, -0.25) is 9.59 Å². The van der Waals surface area contributed by atoms with Crippen LogP contribution in [0.3, 0.4) is 0 Å². The second kappa shape index (κ2) is 8.00. The number of benzene rings is 2. The van der Waals surface area contributed by atoms with Crippen molar-refractivity contribution in [1.82, 2.24) is 0 Å². The van der Waals surface area contributed by atoms with Gasteiger partial charge >= 0.3 is 0 Å². The van der Waals surface area contributed by atoms with E-state index in [2.05, 4.69) is 42.5 Å². The molecule has 1 heterocycles. The minimum Gasteiger partial charge on any atom is -0.506 e. The molecule has 0 fully saturated rings. The first-order valence-corrected chi connectivity index (χ1v) is 10.5. The van der Waals surface area contributed by atoms with E-state index in [0.717, 1.165) is 24.2 Å². The highest BCUT2D eigenvalue weighted by molar-refractivity contribution is 9.11. The monoisotopic (exact) mass is 514 g/mol.